The highest BCUT2D eigenvalue weighted by molar-refractivity contribution is 5.83. The molecule has 3 nitrogen and oxygen atoms in total. The predicted octanol–water partition coefficient (Wildman–Crippen LogP) is 8.86. The van der Waals surface area contributed by atoms with Crippen molar-refractivity contribution in [3.8, 4) is 5.75 Å². The Hall–Kier alpha value is -2.76. The zero-order valence-electron chi connectivity index (χ0n) is 21.4. The molecule has 0 saturated carbocycles. The van der Waals surface area contributed by atoms with Gasteiger partial charge in [0.2, 0.25) is 0 Å². The summed E-state index contributed by atoms with van der Waals surface area (Å²) < 4.78 is 51.5. The third kappa shape index (κ3) is 13.1. The topological polar surface area (TPSA) is 35.5 Å². The van der Waals surface area contributed by atoms with Crippen molar-refractivity contribution in [2.75, 3.05) is 13.2 Å². The van der Waals surface area contributed by atoms with Gasteiger partial charge in [-0.15, -0.1) is 0 Å². The zero-order valence-corrected chi connectivity index (χ0v) is 21.4. The van der Waals surface area contributed by atoms with Gasteiger partial charge in [0.05, 0.1) is 18.8 Å². The average Bonchev–Trinajstić information content (AvgIpc) is 2.79. The molecular formula is C29H39F3O3. The lowest BCUT2D eigenvalue weighted by Gasteiger charge is -2.15. The van der Waals surface area contributed by atoms with Crippen LogP contribution < -0.4 is 4.74 Å². The van der Waals surface area contributed by atoms with Gasteiger partial charge in [-0.1, -0.05) is 87.5 Å². The monoisotopic (exact) mass is 492 g/mol. The number of halogens is 3. The van der Waals surface area contributed by atoms with Crippen LogP contribution in [0.15, 0.2) is 59.7 Å². The van der Waals surface area contributed by atoms with Crippen LogP contribution >= 0.6 is 0 Å². The highest BCUT2D eigenvalue weighted by Crippen LogP contribution is 2.37. The average molecular weight is 493 g/mol. The third-order valence-corrected chi connectivity index (χ3v) is 5.24. The van der Waals surface area contributed by atoms with E-state index in [1.165, 1.54) is 43.9 Å². The van der Waals surface area contributed by atoms with Gasteiger partial charge in [0.25, 0.3) is 0 Å². The fourth-order valence-electron chi connectivity index (χ4n) is 3.37. The van der Waals surface area contributed by atoms with Crippen LogP contribution in [0, 0.1) is 0 Å². The number of unbranched alkanes of at least 4 members (excludes halogenated alkanes) is 6. The number of alkyl halides is 3. The molecule has 0 aliphatic carbocycles. The summed E-state index contributed by atoms with van der Waals surface area (Å²) in [6.07, 6.45) is 13.0. The normalized spacial score (nSPS) is 13.1. The van der Waals surface area contributed by atoms with Gasteiger partial charge < -0.3 is 9.47 Å². The molecule has 0 unspecified atom stereocenters. The summed E-state index contributed by atoms with van der Waals surface area (Å²) in [5.74, 6) is -0.179. The van der Waals surface area contributed by atoms with Gasteiger partial charge in [-0.05, 0) is 44.9 Å². The van der Waals surface area contributed by atoms with E-state index < -0.39 is 17.7 Å². The van der Waals surface area contributed by atoms with E-state index in [0.717, 1.165) is 30.9 Å². The van der Waals surface area contributed by atoms with Crippen molar-refractivity contribution in [1.29, 1.82) is 0 Å². The van der Waals surface area contributed by atoms with Gasteiger partial charge in [-0.25, -0.2) is 4.79 Å². The third-order valence-electron chi connectivity index (χ3n) is 5.24. The number of benzene rings is 1. The summed E-state index contributed by atoms with van der Waals surface area (Å²) in [7, 11) is 0. The van der Waals surface area contributed by atoms with Crippen molar-refractivity contribution >= 4 is 12.0 Å². The lowest BCUT2D eigenvalue weighted by molar-refractivity contribution is -0.138. The molecule has 0 amide bonds. The maximum atomic E-state index is 13.6. The quantitative estimate of drug-likeness (QED) is 0.106. The van der Waals surface area contributed by atoms with Gasteiger partial charge in [-0.3, -0.25) is 0 Å². The molecular weight excluding hydrogens is 453 g/mol. The number of hydrogen-bond acceptors (Lipinski definition) is 3. The molecule has 1 aromatic rings. The Labute approximate surface area is 208 Å². The van der Waals surface area contributed by atoms with Crippen LogP contribution in [0.5, 0.6) is 5.75 Å². The number of hydrogen-bond donors (Lipinski definition) is 0. The van der Waals surface area contributed by atoms with E-state index in [-0.39, 0.29) is 11.3 Å². The minimum absolute atomic E-state index is 0.0260. The fraction of sp³-hybridized carbons (Fsp3) is 0.483. The SMILES string of the molecule is CCCCCCCCCOc1cccc(C(F)(F)F)c1/C=C/C(C)=C/C=C/C(C)=C/C(=O)OCC. The summed E-state index contributed by atoms with van der Waals surface area (Å²) in [4.78, 5) is 11.5. The Morgan fingerprint density at radius 1 is 0.943 bits per heavy atom. The van der Waals surface area contributed by atoms with E-state index in [1.54, 1.807) is 51.1 Å². The first kappa shape index (κ1) is 30.3. The number of allylic oxidation sites excluding steroid dienone is 6. The summed E-state index contributed by atoms with van der Waals surface area (Å²) in [6.45, 7) is 8.16. The van der Waals surface area contributed by atoms with Gasteiger partial charge in [0.15, 0.2) is 0 Å². The summed E-state index contributed by atoms with van der Waals surface area (Å²) >= 11 is 0. The van der Waals surface area contributed by atoms with E-state index in [0.29, 0.717) is 18.8 Å². The predicted molar refractivity (Wildman–Crippen MR) is 137 cm³/mol. The Morgan fingerprint density at radius 2 is 1.63 bits per heavy atom. The van der Waals surface area contributed by atoms with Crippen molar-refractivity contribution in [2.45, 2.75) is 78.8 Å². The summed E-state index contributed by atoms with van der Waals surface area (Å²) in [6, 6.07) is 4.03. The van der Waals surface area contributed by atoms with Crippen LogP contribution in [0.3, 0.4) is 0 Å². The fourth-order valence-corrected chi connectivity index (χ4v) is 3.37. The second-order valence-corrected chi connectivity index (χ2v) is 8.43. The molecule has 0 bridgehead atoms. The standard InChI is InChI=1S/C29H39F3O3/c1-5-7-8-9-10-11-12-21-35-27-18-14-17-26(29(30,31)32)25(27)20-19-23(3)15-13-16-24(4)22-28(33)34-6-2/h13-20,22H,5-12,21H2,1-4H3/b16-13+,20-19+,23-15+,24-22+. The molecule has 0 fully saturated rings. The second-order valence-electron chi connectivity index (χ2n) is 8.43. The summed E-state index contributed by atoms with van der Waals surface area (Å²) in [5.41, 5.74) is 0.764. The number of esters is 1. The van der Waals surface area contributed by atoms with Crippen LogP contribution in [0.1, 0.15) is 83.8 Å². The molecule has 0 heterocycles. The minimum atomic E-state index is -4.48. The van der Waals surface area contributed by atoms with E-state index in [9.17, 15) is 18.0 Å². The van der Waals surface area contributed by atoms with Crippen LogP contribution in [0.4, 0.5) is 13.2 Å². The maximum Gasteiger partial charge on any atom is 0.417 e. The van der Waals surface area contributed by atoms with E-state index >= 15 is 0 Å². The smallest absolute Gasteiger partial charge is 0.417 e. The van der Waals surface area contributed by atoms with Crippen molar-refractivity contribution in [2.24, 2.45) is 0 Å². The number of rotatable bonds is 15. The Morgan fingerprint density at radius 3 is 2.29 bits per heavy atom. The Balaban J connectivity index is 2.88. The molecule has 6 heteroatoms. The molecule has 0 saturated heterocycles. The highest BCUT2D eigenvalue weighted by atomic mass is 19.4. The van der Waals surface area contributed by atoms with Crippen LogP contribution in [0.25, 0.3) is 6.08 Å². The number of carbonyl (C=O) groups is 1. The number of ether oxygens (including phenoxy) is 2. The van der Waals surface area contributed by atoms with Crippen molar-refractivity contribution in [1.82, 2.24) is 0 Å². The van der Waals surface area contributed by atoms with Gasteiger partial charge >= 0.3 is 12.1 Å². The first-order valence-corrected chi connectivity index (χ1v) is 12.4. The Kier molecular flexibility index (Phi) is 14.5. The lowest BCUT2D eigenvalue weighted by Crippen LogP contribution is -2.09. The largest absolute Gasteiger partial charge is 0.493 e. The van der Waals surface area contributed by atoms with Crippen LogP contribution in [-0.2, 0) is 15.7 Å². The molecule has 0 aliphatic rings. The molecule has 1 rings (SSSR count). The highest BCUT2D eigenvalue weighted by Gasteiger charge is 2.33. The van der Waals surface area contributed by atoms with Crippen LogP contribution in [-0.4, -0.2) is 19.2 Å². The lowest BCUT2D eigenvalue weighted by atomic mass is 10.0. The molecule has 0 radical (unpaired) electrons. The van der Waals surface area contributed by atoms with Gasteiger partial charge in [0, 0.05) is 11.6 Å². The molecule has 0 atom stereocenters. The molecule has 35 heavy (non-hydrogen) atoms. The van der Waals surface area contributed by atoms with Crippen molar-refractivity contribution < 1.29 is 27.4 Å². The molecule has 194 valence electrons. The summed E-state index contributed by atoms with van der Waals surface area (Å²) in [5, 5.41) is 0. The van der Waals surface area contributed by atoms with Crippen molar-refractivity contribution in [3.05, 3.63) is 70.9 Å². The Bertz CT molecular complexity index is 893. The molecule has 0 N–H and O–H groups in total. The molecule has 1 aromatic carbocycles. The van der Waals surface area contributed by atoms with E-state index in [2.05, 4.69) is 6.92 Å². The molecule has 0 aliphatic heterocycles. The number of carbonyl (C=O) groups excluding carboxylic acids is 1. The molecule has 0 aromatic heterocycles. The first-order chi connectivity index (χ1) is 16.7. The van der Waals surface area contributed by atoms with Gasteiger partial charge in [-0.2, -0.15) is 13.2 Å². The van der Waals surface area contributed by atoms with E-state index in [1.807, 2.05) is 0 Å². The second kappa shape index (κ2) is 16.8. The van der Waals surface area contributed by atoms with Crippen molar-refractivity contribution in [3.63, 3.8) is 0 Å². The first-order valence-electron chi connectivity index (χ1n) is 12.4. The van der Waals surface area contributed by atoms with E-state index in [4.69, 9.17) is 9.47 Å². The molecule has 0 spiro atoms. The maximum absolute atomic E-state index is 13.6. The van der Waals surface area contributed by atoms with Gasteiger partial charge in [0.1, 0.15) is 5.75 Å². The minimum Gasteiger partial charge on any atom is -0.493 e. The van der Waals surface area contributed by atoms with Crippen LogP contribution in [0.2, 0.25) is 0 Å². The zero-order chi connectivity index (χ0) is 26.1.